The van der Waals surface area contributed by atoms with Gasteiger partial charge in [0.15, 0.2) is 33.8 Å². The van der Waals surface area contributed by atoms with Crippen LogP contribution >= 0.6 is 23.1 Å². The van der Waals surface area contributed by atoms with Crippen LogP contribution in [0.3, 0.4) is 0 Å². The fourth-order valence-electron chi connectivity index (χ4n) is 5.08. The first kappa shape index (κ1) is 37.8. The normalized spacial score (nSPS) is 16.9. The highest BCUT2D eigenvalue weighted by molar-refractivity contribution is 8.00. The number of benzene rings is 2. The molecule has 2 aliphatic rings. The van der Waals surface area contributed by atoms with E-state index in [2.05, 4.69) is 41.7 Å². The monoisotopic (exact) mass is 795 g/mol. The third kappa shape index (κ3) is 7.74. The molecular weight excluding hydrogens is 767 g/mol. The summed E-state index contributed by atoms with van der Waals surface area (Å²) < 4.78 is 0. The molecule has 55 heavy (non-hydrogen) atoms. The van der Waals surface area contributed by atoms with Gasteiger partial charge in [-0.15, -0.1) is 33.3 Å². The number of thioether (sulfide) groups is 1. The zero-order valence-electron chi connectivity index (χ0n) is 28.3. The highest BCUT2D eigenvalue weighted by atomic mass is 32.2. The van der Waals surface area contributed by atoms with E-state index < -0.39 is 69.6 Å². The molecule has 1 fully saturated rings. The number of oxime groups is 1. The molecule has 4 amide bonds. The number of nitrogen functional groups attached to an aromatic ring is 1. The number of aromatic hydroxyl groups is 4. The van der Waals surface area contributed by atoms with Crippen LogP contribution in [0.5, 0.6) is 23.0 Å². The van der Waals surface area contributed by atoms with E-state index in [1.54, 1.807) is 0 Å². The number of fused-ring (bicyclic) bond motifs is 1. The molecule has 24 heteroatoms. The first-order chi connectivity index (χ1) is 26.0. The molecule has 4 aromatic rings. The second-order valence-electron chi connectivity index (χ2n) is 12.2. The summed E-state index contributed by atoms with van der Waals surface area (Å²) in [6, 6.07) is 5.97. The number of thiazole rings is 1. The van der Waals surface area contributed by atoms with E-state index in [0.717, 1.165) is 44.9 Å². The van der Waals surface area contributed by atoms with Crippen molar-refractivity contribution in [3.05, 3.63) is 64.3 Å². The molecule has 0 bridgehead atoms. The Kier molecular flexibility index (Phi) is 10.2. The second kappa shape index (κ2) is 14.8. The number of nitrogens with one attached hydrogen (secondary N) is 3. The van der Waals surface area contributed by atoms with Crippen LogP contribution in [0.1, 0.15) is 29.9 Å². The van der Waals surface area contributed by atoms with E-state index in [4.69, 9.17) is 10.6 Å². The molecule has 0 aliphatic carbocycles. The van der Waals surface area contributed by atoms with Gasteiger partial charge in [0.1, 0.15) is 22.8 Å². The van der Waals surface area contributed by atoms with Crippen LogP contribution in [0, 0.1) is 0 Å². The van der Waals surface area contributed by atoms with Gasteiger partial charge in [-0.25, -0.2) is 9.78 Å². The van der Waals surface area contributed by atoms with Gasteiger partial charge >= 0.3 is 5.97 Å². The van der Waals surface area contributed by atoms with Gasteiger partial charge in [0, 0.05) is 22.3 Å². The van der Waals surface area contributed by atoms with Crippen LogP contribution in [-0.4, -0.2) is 114 Å². The summed E-state index contributed by atoms with van der Waals surface area (Å²) in [5.41, 5.74) is 7.85. The van der Waals surface area contributed by atoms with Crippen molar-refractivity contribution in [2.24, 2.45) is 5.16 Å². The van der Waals surface area contributed by atoms with Crippen LogP contribution in [0.15, 0.2) is 58.2 Å². The number of hydrazine groups is 1. The van der Waals surface area contributed by atoms with Crippen molar-refractivity contribution in [1.29, 1.82) is 0 Å². The number of carbonyl (C=O) groups excluding carboxylic acids is 4. The fourth-order valence-corrected chi connectivity index (χ4v) is 6.96. The Labute approximate surface area is 316 Å². The molecule has 2 aromatic heterocycles. The lowest BCUT2D eigenvalue weighted by Crippen LogP contribution is -2.71. The fraction of sp³-hybridized carbons (Fsp3) is 0.226. The van der Waals surface area contributed by atoms with Crippen molar-refractivity contribution in [3.63, 3.8) is 0 Å². The second-order valence-corrected chi connectivity index (χ2v) is 14.2. The van der Waals surface area contributed by atoms with Crippen molar-refractivity contribution in [2.45, 2.75) is 37.4 Å². The number of carboxylic acid groups (broad SMARTS) is 1. The summed E-state index contributed by atoms with van der Waals surface area (Å²) in [4.78, 5) is 76.4. The van der Waals surface area contributed by atoms with E-state index in [1.807, 2.05) is 0 Å². The van der Waals surface area contributed by atoms with E-state index >= 15 is 0 Å². The highest BCUT2D eigenvalue weighted by Crippen LogP contribution is 2.41. The van der Waals surface area contributed by atoms with E-state index in [9.17, 15) is 49.5 Å². The number of hydrogen-bond donors (Lipinski definition) is 9. The molecule has 2 atom stereocenters. The van der Waals surface area contributed by atoms with Crippen LogP contribution < -0.4 is 21.9 Å². The van der Waals surface area contributed by atoms with Crippen LogP contribution in [-0.2, 0) is 30.6 Å². The molecule has 0 spiro atoms. The molecule has 286 valence electrons. The number of phenols is 4. The first-order valence-electron chi connectivity index (χ1n) is 15.7. The minimum absolute atomic E-state index is 0.0585. The third-order valence-electron chi connectivity index (χ3n) is 7.97. The predicted octanol–water partition coefficient (Wildman–Crippen LogP) is -0.399. The average Bonchev–Trinajstić information content (AvgIpc) is 3.80. The number of amides is 4. The Morgan fingerprint density at radius 2 is 1.75 bits per heavy atom. The minimum atomic E-state index is -1.83. The van der Waals surface area contributed by atoms with Gasteiger partial charge in [-0.3, -0.25) is 34.9 Å². The number of tetrazole rings is 1. The zero-order valence-corrected chi connectivity index (χ0v) is 30.0. The molecule has 0 radical (unpaired) electrons. The van der Waals surface area contributed by atoms with Gasteiger partial charge in [0.05, 0.1) is 6.54 Å². The molecule has 22 nitrogen and oxygen atoms in total. The summed E-state index contributed by atoms with van der Waals surface area (Å²) >= 11 is 2.13. The van der Waals surface area contributed by atoms with Crippen molar-refractivity contribution in [1.82, 2.24) is 46.3 Å². The van der Waals surface area contributed by atoms with E-state index in [0.29, 0.717) is 5.56 Å². The number of carbonyl (C=O) groups is 5. The molecule has 0 unspecified atom stereocenters. The third-order valence-corrected chi connectivity index (χ3v) is 9.99. The van der Waals surface area contributed by atoms with E-state index in [1.165, 1.54) is 43.5 Å². The number of nitrogens with zero attached hydrogens (tertiary/aromatic N) is 7. The van der Waals surface area contributed by atoms with Gasteiger partial charge in [0.25, 0.3) is 23.6 Å². The van der Waals surface area contributed by atoms with Gasteiger partial charge in [-0.05, 0) is 61.0 Å². The SMILES string of the molecule is CC(C)(ON=C(C(=O)N[C@@H]1C(=O)N2C(C(=O)O)=C(Cn3nnc(-c4ccc(O)c(O)c4)n3)CS[C@H]12)c1csc(N)n1)C(=O)NNC(=O)c1ccc(O)c(O)c1. The largest absolute Gasteiger partial charge is 0.504 e. The maximum atomic E-state index is 13.6. The summed E-state index contributed by atoms with van der Waals surface area (Å²) in [6.45, 7) is 2.38. The number of phenolic OH excluding ortho intramolecular Hbond substituents is 4. The first-order valence-corrected chi connectivity index (χ1v) is 17.6. The Hall–Kier alpha value is -6.95. The molecule has 2 aliphatic heterocycles. The Balaban J connectivity index is 1.14. The molecule has 6 rings (SSSR count). The van der Waals surface area contributed by atoms with Crippen molar-refractivity contribution >= 4 is 63.5 Å². The summed E-state index contributed by atoms with van der Waals surface area (Å²) in [7, 11) is 0. The molecule has 10 N–H and O–H groups in total. The highest BCUT2D eigenvalue weighted by Gasteiger charge is 2.54. The number of rotatable bonds is 11. The lowest BCUT2D eigenvalue weighted by molar-refractivity contribution is -0.150. The predicted molar refractivity (Wildman–Crippen MR) is 190 cm³/mol. The van der Waals surface area contributed by atoms with Gasteiger partial charge < -0.3 is 41.4 Å². The van der Waals surface area contributed by atoms with Crippen LogP contribution in [0.2, 0.25) is 0 Å². The smallest absolute Gasteiger partial charge is 0.352 e. The molecule has 0 saturated carbocycles. The van der Waals surface area contributed by atoms with Gasteiger partial charge in [-0.2, -0.15) is 4.80 Å². The number of β-lactam (4-membered cyclic amide) rings is 1. The molecule has 4 heterocycles. The maximum absolute atomic E-state index is 13.6. The Morgan fingerprint density at radius 3 is 2.40 bits per heavy atom. The summed E-state index contributed by atoms with van der Waals surface area (Å²) in [6.07, 6.45) is 0. The number of anilines is 1. The molecular formula is C31H29N11O11S2. The number of aliphatic carboxylic acids is 1. The number of nitrogens with two attached hydrogens (primary N) is 1. The number of aromatic nitrogens is 5. The summed E-state index contributed by atoms with van der Waals surface area (Å²) in [5.74, 6) is -6.45. The Bertz CT molecular complexity index is 2310. The standard InChI is InChI=1S/C31H29N11O11S2/c1-31(2,29(52)37-36-24(47)13-4-6-17(44)19(46)8-13)53-39-20(15-11-55-30(32)33-15)25(48)34-21-26(49)42-22(28(50)51)14(10-54-27(21)42)9-41-38-23(35-40-41)12-3-5-16(43)18(45)7-12/h3-8,11,21,27,43-46H,9-10H2,1-2H3,(H2,32,33)(H,34,48)(H,36,47)(H,37,52)(H,50,51)/t21-,27-/m1/s1. The van der Waals surface area contributed by atoms with Gasteiger partial charge in [-0.1, -0.05) is 5.16 Å². The van der Waals surface area contributed by atoms with Crippen molar-refractivity contribution < 1.29 is 54.3 Å². The number of carboxylic acids is 1. The molecule has 1 saturated heterocycles. The summed E-state index contributed by atoms with van der Waals surface area (Å²) in [5, 5.41) is 67.6. The topological polar surface area (TPSA) is 330 Å². The quantitative estimate of drug-likeness (QED) is 0.0403. The molecule has 2 aromatic carbocycles. The zero-order chi connectivity index (χ0) is 39.8. The number of hydrogen-bond acceptors (Lipinski definition) is 18. The van der Waals surface area contributed by atoms with E-state index in [-0.39, 0.29) is 51.5 Å². The Morgan fingerprint density at radius 1 is 1.04 bits per heavy atom. The van der Waals surface area contributed by atoms with Crippen LogP contribution in [0.25, 0.3) is 11.4 Å². The van der Waals surface area contributed by atoms with Gasteiger partial charge in [0.2, 0.25) is 11.4 Å². The lowest BCUT2D eigenvalue weighted by atomic mass is 10.0. The lowest BCUT2D eigenvalue weighted by Gasteiger charge is -2.49. The average molecular weight is 796 g/mol. The van der Waals surface area contributed by atoms with Crippen LogP contribution in [0.4, 0.5) is 5.13 Å². The van der Waals surface area contributed by atoms with Crippen molar-refractivity contribution in [3.8, 4) is 34.4 Å². The minimum Gasteiger partial charge on any atom is -0.504 e. The van der Waals surface area contributed by atoms with Crippen molar-refractivity contribution in [2.75, 3.05) is 11.5 Å². The maximum Gasteiger partial charge on any atom is 0.352 e.